The number of nitrogens with zero attached hydrogens (tertiary/aromatic N) is 3. The molecule has 0 saturated carbocycles. The Morgan fingerprint density at radius 2 is 1.96 bits per heavy atom. The van der Waals surface area contributed by atoms with Gasteiger partial charge in [0.1, 0.15) is 6.54 Å². The number of amides is 1. The van der Waals surface area contributed by atoms with Gasteiger partial charge < -0.3 is 15.5 Å². The lowest BCUT2D eigenvalue weighted by Crippen LogP contribution is -2.38. The summed E-state index contributed by atoms with van der Waals surface area (Å²) < 4.78 is 2.77. The number of benzene rings is 1. The second-order valence-corrected chi connectivity index (χ2v) is 5.78. The number of carboxylic acids is 1. The first-order valence-electron chi connectivity index (χ1n) is 7.57. The van der Waals surface area contributed by atoms with Crippen LogP contribution in [0.15, 0.2) is 29.1 Å². The van der Waals surface area contributed by atoms with E-state index in [1.54, 1.807) is 38.1 Å². The summed E-state index contributed by atoms with van der Waals surface area (Å²) in [6.07, 6.45) is 0. The highest BCUT2D eigenvalue weighted by Crippen LogP contribution is 2.26. The Morgan fingerprint density at radius 3 is 2.60 bits per heavy atom. The highest BCUT2D eigenvalue weighted by atomic mass is 16.4. The number of fused-ring (bicyclic) bond motifs is 3. The van der Waals surface area contributed by atoms with E-state index in [9.17, 15) is 19.5 Å². The largest absolute Gasteiger partial charge is 0.504 e. The van der Waals surface area contributed by atoms with E-state index in [0.29, 0.717) is 11.0 Å². The van der Waals surface area contributed by atoms with Gasteiger partial charge in [0.15, 0.2) is 17.0 Å². The summed E-state index contributed by atoms with van der Waals surface area (Å²) in [5.41, 5.74) is -0.0513. The summed E-state index contributed by atoms with van der Waals surface area (Å²) in [6, 6.07) is 6.68. The molecule has 0 atom stereocenters. The number of imidazole rings is 1. The number of aromatic hydroxyl groups is 1. The van der Waals surface area contributed by atoms with E-state index >= 15 is 0 Å². The van der Waals surface area contributed by atoms with Gasteiger partial charge >= 0.3 is 5.97 Å². The molecule has 1 aromatic carbocycles. The van der Waals surface area contributed by atoms with Crippen LogP contribution in [0.25, 0.3) is 16.7 Å². The topological polar surface area (TPSA) is 126 Å². The van der Waals surface area contributed by atoms with E-state index in [-0.39, 0.29) is 11.7 Å². The minimum absolute atomic E-state index is 0.0509. The molecule has 0 saturated heterocycles. The van der Waals surface area contributed by atoms with Gasteiger partial charge in [-0.15, -0.1) is 0 Å². The van der Waals surface area contributed by atoms with E-state index in [4.69, 9.17) is 5.11 Å². The number of hydrogen-bond acceptors (Lipinski definition) is 5. The number of carboxylic acid groups (broad SMARTS) is 1. The molecule has 2 heterocycles. The average molecular weight is 344 g/mol. The van der Waals surface area contributed by atoms with Crippen molar-refractivity contribution >= 4 is 28.6 Å². The third-order valence-corrected chi connectivity index (χ3v) is 3.74. The van der Waals surface area contributed by atoms with Crippen molar-refractivity contribution in [2.24, 2.45) is 0 Å². The number of aromatic nitrogens is 3. The Labute approximate surface area is 141 Å². The molecule has 1 amide bonds. The van der Waals surface area contributed by atoms with E-state index in [1.165, 1.54) is 9.20 Å². The molecule has 0 bridgehead atoms. The van der Waals surface area contributed by atoms with Gasteiger partial charge in [-0.25, -0.2) is 14.2 Å². The van der Waals surface area contributed by atoms with Gasteiger partial charge in [0, 0.05) is 6.04 Å². The number of hydrogen-bond donors (Lipinski definition) is 3. The van der Waals surface area contributed by atoms with Crippen LogP contribution in [0.2, 0.25) is 0 Å². The number of carbonyl (C=O) groups is 2. The molecule has 9 nitrogen and oxygen atoms in total. The third kappa shape index (κ3) is 2.59. The van der Waals surface area contributed by atoms with Gasteiger partial charge in [0.2, 0.25) is 0 Å². The van der Waals surface area contributed by atoms with Crippen molar-refractivity contribution < 1.29 is 19.8 Å². The first kappa shape index (κ1) is 16.5. The van der Waals surface area contributed by atoms with Crippen LogP contribution in [-0.4, -0.2) is 42.8 Å². The summed E-state index contributed by atoms with van der Waals surface area (Å²) in [4.78, 5) is 40.0. The molecular formula is C16H16N4O5. The summed E-state index contributed by atoms with van der Waals surface area (Å²) >= 11 is 0. The predicted octanol–water partition coefficient (Wildman–Crippen LogP) is 0.750. The van der Waals surface area contributed by atoms with E-state index in [2.05, 4.69) is 10.3 Å². The Bertz CT molecular complexity index is 1060. The van der Waals surface area contributed by atoms with Gasteiger partial charge in [-0.3, -0.25) is 14.4 Å². The summed E-state index contributed by atoms with van der Waals surface area (Å²) in [6.45, 7) is 2.85. The van der Waals surface area contributed by atoms with Crippen LogP contribution in [0, 0.1) is 0 Å². The molecule has 25 heavy (non-hydrogen) atoms. The molecule has 130 valence electrons. The van der Waals surface area contributed by atoms with Crippen LogP contribution in [0.5, 0.6) is 5.75 Å². The molecule has 0 aliphatic rings. The maximum absolute atomic E-state index is 12.8. The number of rotatable bonds is 4. The van der Waals surface area contributed by atoms with Crippen molar-refractivity contribution in [2.45, 2.75) is 19.9 Å². The van der Waals surface area contributed by atoms with Crippen molar-refractivity contribution in [1.29, 1.82) is 0 Å². The number of aliphatic carboxylic acids is 1. The van der Waals surface area contributed by atoms with Gasteiger partial charge in [0.25, 0.3) is 11.5 Å². The standard InChI is InChI=1S/C16H16N4O5/c1-8(2)19-16(25)12(15(24)17-7-11(21)22)13(23)14-18-9-5-3-4-6-10(9)20(14)19/h3-6,8,23H,7H2,1-2H3,(H,17,24)(H,21,22). The molecule has 0 radical (unpaired) electrons. The van der Waals surface area contributed by atoms with Crippen LogP contribution >= 0.6 is 0 Å². The lowest BCUT2D eigenvalue weighted by Gasteiger charge is -2.16. The van der Waals surface area contributed by atoms with Gasteiger partial charge in [-0.05, 0) is 26.0 Å². The Kier molecular flexibility index (Phi) is 3.91. The SMILES string of the molecule is CC(C)n1c(=O)c(C(=O)NCC(=O)O)c(O)c2nc3ccccc3n21. The summed E-state index contributed by atoms with van der Waals surface area (Å²) in [5.74, 6) is -2.81. The van der Waals surface area contributed by atoms with Crippen molar-refractivity contribution in [3.63, 3.8) is 0 Å². The van der Waals surface area contributed by atoms with Gasteiger partial charge in [-0.1, -0.05) is 12.1 Å². The van der Waals surface area contributed by atoms with Crippen LogP contribution in [0.1, 0.15) is 30.2 Å². The lowest BCUT2D eigenvalue weighted by atomic mass is 10.2. The molecule has 0 fully saturated rings. The van der Waals surface area contributed by atoms with Crippen molar-refractivity contribution in [3.8, 4) is 5.75 Å². The van der Waals surface area contributed by atoms with Crippen molar-refractivity contribution in [2.75, 3.05) is 6.54 Å². The number of para-hydroxylation sites is 2. The minimum atomic E-state index is -1.26. The predicted molar refractivity (Wildman–Crippen MR) is 89.0 cm³/mol. The van der Waals surface area contributed by atoms with Gasteiger partial charge in [0.05, 0.1) is 11.0 Å². The monoisotopic (exact) mass is 344 g/mol. The highest BCUT2D eigenvalue weighted by molar-refractivity contribution is 6.00. The normalized spacial score (nSPS) is 11.3. The fourth-order valence-electron chi connectivity index (χ4n) is 2.72. The maximum Gasteiger partial charge on any atom is 0.322 e. The molecule has 0 aliphatic carbocycles. The van der Waals surface area contributed by atoms with Crippen LogP contribution in [-0.2, 0) is 4.79 Å². The van der Waals surface area contributed by atoms with E-state index < -0.39 is 35.3 Å². The molecule has 9 heteroatoms. The Morgan fingerprint density at radius 1 is 1.28 bits per heavy atom. The fraction of sp³-hybridized carbons (Fsp3) is 0.250. The first-order chi connectivity index (χ1) is 11.8. The zero-order chi connectivity index (χ0) is 18.3. The molecule has 3 aromatic rings. The first-order valence-corrected chi connectivity index (χ1v) is 7.57. The Hall–Kier alpha value is -3.36. The maximum atomic E-state index is 12.8. The Balaban J connectivity index is 2.37. The van der Waals surface area contributed by atoms with Gasteiger partial charge in [-0.2, -0.15) is 0 Å². The van der Waals surface area contributed by atoms with Crippen LogP contribution < -0.4 is 10.9 Å². The van der Waals surface area contributed by atoms with Crippen LogP contribution in [0.3, 0.4) is 0 Å². The number of nitrogens with one attached hydrogen (secondary N) is 1. The molecule has 0 aliphatic heterocycles. The zero-order valence-electron chi connectivity index (χ0n) is 13.6. The van der Waals surface area contributed by atoms with Crippen molar-refractivity contribution in [1.82, 2.24) is 19.5 Å². The summed E-state index contributed by atoms with van der Waals surface area (Å²) in [7, 11) is 0. The molecule has 0 unspecified atom stereocenters. The fourth-order valence-corrected chi connectivity index (χ4v) is 2.72. The number of carbonyl (C=O) groups excluding carboxylic acids is 1. The molecule has 0 spiro atoms. The molecule has 2 aromatic heterocycles. The average Bonchev–Trinajstić information content (AvgIpc) is 2.92. The molecule has 3 rings (SSSR count). The second-order valence-electron chi connectivity index (χ2n) is 5.78. The minimum Gasteiger partial charge on any atom is -0.504 e. The van der Waals surface area contributed by atoms with Crippen molar-refractivity contribution in [3.05, 3.63) is 40.2 Å². The molecular weight excluding hydrogens is 328 g/mol. The quantitative estimate of drug-likeness (QED) is 0.641. The zero-order valence-corrected chi connectivity index (χ0v) is 13.6. The summed E-state index contributed by atoms with van der Waals surface area (Å²) in [5, 5.41) is 21.2. The van der Waals surface area contributed by atoms with E-state index in [0.717, 1.165) is 0 Å². The second kappa shape index (κ2) is 5.93. The smallest absolute Gasteiger partial charge is 0.322 e. The van der Waals surface area contributed by atoms with Crippen LogP contribution in [0.4, 0.5) is 0 Å². The lowest BCUT2D eigenvalue weighted by molar-refractivity contribution is -0.135. The highest BCUT2D eigenvalue weighted by Gasteiger charge is 2.26. The molecule has 3 N–H and O–H groups in total. The van der Waals surface area contributed by atoms with E-state index in [1.807, 2.05) is 0 Å². The third-order valence-electron chi connectivity index (χ3n) is 3.74.